The fourth-order valence-corrected chi connectivity index (χ4v) is 2.55. The van der Waals surface area contributed by atoms with Crippen molar-refractivity contribution in [2.24, 2.45) is 0 Å². The van der Waals surface area contributed by atoms with Gasteiger partial charge in [-0.25, -0.2) is 0 Å². The summed E-state index contributed by atoms with van der Waals surface area (Å²) in [5, 5.41) is 76.7. The molecule has 2 fully saturated rings. The molecule has 2 aliphatic heterocycles. The zero-order valence-corrected chi connectivity index (χ0v) is 12.0. The largest absolute Gasteiger partial charge is 0.394 e. The Morgan fingerprint density at radius 1 is 0.652 bits per heavy atom. The SMILES string of the molecule is OC[C@H]1O[C@H](O)[C@@H](O[C@H]2O[C@H](CO)[C@@H](O)C(O)[C@@H]2O)[C@@H](O)[C@@H]1O. The first-order valence-electron chi connectivity index (χ1n) is 7.08. The first-order valence-corrected chi connectivity index (χ1v) is 7.08. The van der Waals surface area contributed by atoms with Crippen molar-refractivity contribution in [3.8, 4) is 0 Å². The van der Waals surface area contributed by atoms with Gasteiger partial charge in [-0.05, 0) is 0 Å². The minimum absolute atomic E-state index is 0.651. The Morgan fingerprint density at radius 3 is 1.74 bits per heavy atom. The Morgan fingerprint density at radius 2 is 1.17 bits per heavy atom. The highest BCUT2D eigenvalue weighted by atomic mass is 16.7. The van der Waals surface area contributed by atoms with E-state index in [9.17, 15) is 30.6 Å². The third-order valence-corrected chi connectivity index (χ3v) is 3.98. The molecular weight excluding hydrogens is 320 g/mol. The van der Waals surface area contributed by atoms with E-state index in [-0.39, 0.29) is 0 Å². The van der Waals surface area contributed by atoms with Crippen LogP contribution in [0, 0.1) is 0 Å². The molecule has 0 aromatic heterocycles. The van der Waals surface area contributed by atoms with Crippen molar-refractivity contribution in [1.82, 2.24) is 0 Å². The van der Waals surface area contributed by atoms with E-state index < -0.39 is 74.6 Å². The first-order chi connectivity index (χ1) is 10.8. The van der Waals surface area contributed by atoms with Gasteiger partial charge >= 0.3 is 0 Å². The molecule has 0 aromatic carbocycles. The van der Waals surface area contributed by atoms with Crippen molar-refractivity contribution in [3.05, 3.63) is 0 Å². The lowest BCUT2D eigenvalue weighted by molar-refractivity contribution is -0.361. The molecule has 23 heavy (non-hydrogen) atoms. The number of hydrogen-bond donors (Lipinski definition) is 8. The van der Waals surface area contributed by atoms with Crippen LogP contribution < -0.4 is 0 Å². The molecule has 2 rings (SSSR count). The lowest BCUT2D eigenvalue weighted by Crippen LogP contribution is -2.64. The minimum atomic E-state index is -1.75. The van der Waals surface area contributed by atoms with E-state index in [1.807, 2.05) is 0 Å². The van der Waals surface area contributed by atoms with E-state index in [1.165, 1.54) is 0 Å². The second-order valence-corrected chi connectivity index (χ2v) is 5.53. The Labute approximate surface area is 130 Å². The molecule has 0 amide bonds. The van der Waals surface area contributed by atoms with Gasteiger partial charge in [0.25, 0.3) is 0 Å². The Hall–Kier alpha value is -0.440. The maximum atomic E-state index is 9.94. The molecule has 11 heteroatoms. The zero-order chi connectivity index (χ0) is 17.3. The van der Waals surface area contributed by atoms with E-state index in [2.05, 4.69) is 0 Å². The number of aliphatic hydroxyl groups excluding tert-OH is 8. The molecule has 2 aliphatic rings. The molecule has 0 radical (unpaired) electrons. The van der Waals surface area contributed by atoms with Crippen LogP contribution in [0.3, 0.4) is 0 Å². The summed E-state index contributed by atoms with van der Waals surface area (Å²) < 4.78 is 15.1. The van der Waals surface area contributed by atoms with Crippen molar-refractivity contribution in [2.75, 3.05) is 13.2 Å². The fourth-order valence-electron chi connectivity index (χ4n) is 2.55. The third kappa shape index (κ3) is 3.65. The zero-order valence-electron chi connectivity index (χ0n) is 12.0. The summed E-state index contributed by atoms with van der Waals surface area (Å²) in [5.74, 6) is 0. The van der Waals surface area contributed by atoms with Crippen LogP contribution in [0.25, 0.3) is 0 Å². The van der Waals surface area contributed by atoms with Crippen LogP contribution in [-0.2, 0) is 14.2 Å². The minimum Gasteiger partial charge on any atom is -0.394 e. The van der Waals surface area contributed by atoms with E-state index in [0.29, 0.717) is 0 Å². The predicted molar refractivity (Wildman–Crippen MR) is 68.6 cm³/mol. The molecule has 1 unspecified atom stereocenters. The molecule has 2 heterocycles. The van der Waals surface area contributed by atoms with Gasteiger partial charge in [-0.1, -0.05) is 0 Å². The van der Waals surface area contributed by atoms with Crippen molar-refractivity contribution in [1.29, 1.82) is 0 Å². The van der Waals surface area contributed by atoms with Crippen molar-refractivity contribution in [2.45, 2.75) is 61.4 Å². The highest BCUT2D eigenvalue weighted by Gasteiger charge is 2.50. The second-order valence-electron chi connectivity index (χ2n) is 5.53. The molecular formula is C12H22O11. The Balaban J connectivity index is 2.08. The summed E-state index contributed by atoms with van der Waals surface area (Å²) in [6.45, 7) is -1.33. The van der Waals surface area contributed by atoms with Crippen LogP contribution in [0.15, 0.2) is 0 Å². The second kappa shape index (κ2) is 7.63. The maximum Gasteiger partial charge on any atom is 0.187 e. The van der Waals surface area contributed by atoms with Gasteiger partial charge in [0.05, 0.1) is 13.2 Å². The molecule has 0 spiro atoms. The molecule has 0 bridgehead atoms. The van der Waals surface area contributed by atoms with Gasteiger partial charge in [0.1, 0.15) is 48.8 Å². The molecule has 136 valence electrons. The monoisotopic (exact) mass is 342 g/mol. The molecule has 0 aliphatic carbocycles. The van der Waals surface area contributed by atoms with Gasteiger partial charge < -0.3 is 55.1 Å². The van der Waals surface area contributed by atoms with E-state index in [0.717, 1.165) is 0 Å². The van der Waals surface area contributed by atoms with Gasteiger partial charge in [-0.3, -0.25) is 0 Å². The van der Waals surface area contributed by atoms with Gasteiger partial charge in [0.15, 0.2) is 12.6 Å². The van der Waals surface area contributed by atoms with Gasteiger partial charge in [-0.15, -0.1) is 0 Å². The highest BCUT2D eigenvalue weighted by Crippen LogP contribution is 2.28. The highest BCUT2D eigenvalue weighted by molar-refractivity contribution is 4.93. The van der Waals surface area contributed by atoms with Crippen LogP contribution in [0.4, 0.5) is 0 Å². The normalized spacial score (nSPS) is 51.7. The van der Waals surface area contributed by atoms with E-state index >= 15 is 0 Å². The number of ether oxygens (including phenoxy) is 3. The number of rotatable bonds is 4. The van der Waals surface area contributed by atoms with Crippen LogP contribution in [-0.4, -0.2) is 115 Å². The van der Waals surface area contributed by atoms with Crippen molar-refractivity contribution in [3.63, 3.8) is 0 Å². The quantitative estimate of drug-likeness (QED) is 0.243. The van der Waals surface area contributed by atoms with Crippen LogP contribution >= 0.6 is 0 Å². The summed E-state index contributed by atoms with van der Waals surface area (Å²) >= 11 is 0. The smallest absolute Gasteiger partial charge is 0.187 e. The first kappa shape index (κ1) is 18.9. The van der Waals surface area contributed by atoms with E-state index in [1.54, 1.807) is 0 Å². The topological polar surface area (TPSA) is 190 Å². The van der Waals surface area contributed by atoms with Crippen molar-refractivity contribution < 1.29 is 55.1 Å². The summed E-state index contributed by atoms with van der Waals surface area (Å²) in [6.07, 6.45) is -15.6. The third-order valence-electron chi connectivity index (χ3n) is 3.98. The Bertz CT molecular complexity index is 380. The molecule has 0 saturated carbocycles. The Kier molecular flexibility index (Phi) is 6.27. The molecule has 0 aromatic rings. The average Bonchev–Trinajstić information content (AvgIpc) is 2.54. The summed E-state index contributed by atoms with van der Waals surface area (Å²) in [6, 6.07) is 0. The van der Waals surface area contributed by atoms with Crippen LogP contribution in [0.5, 0.6) is 0 Å². The van der Waals surface area contributed by atoms with Crippen molar-refractivity contribution >= 4 is 0 Å². The standard InChI is InChI=1S/C12H22O11/c13-1-3-6(16)8(18)10(11(20)21-3)23-12-9(19)7(17)5(15)4(2-14)22-12/h3-20H,1-2H2/t3-,4-,5-,6-,7?,8+,9+,10+,11+,12-/m1/s1. The number of aliphatic hydroxyl groups is 8. The van der Waals surface area contributed by atoms with Gasteiger partial charge in [0.2, 0.25) is 0 Å². The number of hydrogen-bond acceptors (Lipinski definition) is 11. The summed E-state index contributed by atoms with van der Waals surface area (Å²) in [5.41, 5.74) is 0. The van der Waals surface area contributed by atoms with Gasteiger partial charge in [-0.2, -0.15) is 0 Å². The fraction of sp³-hybridized carbons (Fsp3) is 1.00. The molecule has 11 nitrogen and oxygen atoms in total. The predicted octanol–water partition coefficient (Wildman–Crippen LogP) is -5.40. The lowest BCUT2D eigenvalue weighted by Gasteiger charge is -2.44. The molecule has 2 saturated heterocycles. The maximum absolute atomic E-state index is 9.94. The average molecular weight is 342 g/mol. The summed E-state index contributed by atoms with van der Waals surface area (Å²) in [7, 11) is 0. The van der Waals surface area contributed by atoms with Gasteiger partial charge in [0, 0.05) is 0 Å². The van der Waals surface area contributed by atoms with E-state index in [4.69, 9.17) is 24.4 Å². The lowest BCUT2D eigenvalue weighted by atomic mass is 9.97. The van der Waals surface area contributed by atoms with Crippen LogP contribution in [0.1, 0.15) is 0 Å². The van der Waals surface area contributed by atoms with Crippen LogP contribution in [0.2, 0.25) is 0 Å². The molecule has 8 N–H and O–H groups in total. The molecule has 10 atom stereocenters. The summed E-state index contributed by atoms with van der Waals surface area (Å²) in [4.78, 5) is 0.